The van der Waals surface area contributed by atoms with Crippen LogP contribution in [0.25, 0.3) is 0 Å². The molecule has 1 rings (SSSR count). The molecule has 5 heteroatoms. The Morgan fingerprint density at radius 2 is 2.07 bits per heavy atom. The lowest BCUT2D eigenvalue weighted by Crippen LogP contribution is -2.22. The molecule has 2 unspecified atom stereocenters. The number of benzene rings is 1. The second-order valence-electron chi connectivity index (χ2n) is 3.32. The second kappa shape index (κ2) is 5.85. The maximum Gasteiger partial charge on any atom is 0.0595 e. The van der Waals surface area contributed by atoms with Gasteiger partial charge < -0.3 is 5.73 Å². The van der Waals surface area contributed by atoms with Gasteiger partial charge in [0.1, 0.15) is 0 Å². The van der Waals surface area contributed by atoms with Crippen molar-refractivity contribution in [3.63, 3.8) is 0 Å². The van der Waals surface area contributed by atoms with Crippen molar-refractivity contribution in [2.24, 2.45) is 5.73 Å². The smallest absolute Gasteiger partial charge is 0.0595 e. The summed E-state index contributed by atoms with van der Waals surface area (Å²) in [7, 11) is -0.957. The number of hydrogen-bond acceptors (Lipinski definition) is 2. The molecule has 0 spiro atoms. The summed E-state index contributed by atoms with van der Waals surface area (Å²) in [5.41, 5.74) is 6.36. The highest BCUT2D eigenvalue weighted by Gasteiger charge is 2.10. The van der Waals surface area contributed by atoms with Crippen LogP contribution in [0.3, 0.4) is 0 Å². The SMILES string of the molecule is CC(CN)S(=O)Cc1ccc(Cl)c(Cl)c1. The predicted octanol–water partition coefficient (Wildman–Crippen LogP) is 2.59. The molecule has 2 nitrogen and oxygen atoms in total. The van der Waals surface area contributed by atoms with E-state index in [-0.39, 0.29) is 5.25 Å². The number of nitrogens with two attached hydrogens (primary N) is 1. The summed E-state index contributed by atoms with van der Waals surface area (Å²) in [5.74, 6) is 0.468. The molecule has 2 N–H and O–H groups in total. The zero-order chi connectivity index (χ0) is 11.4. The topological polar surface area (TPSA) is 43.1 Å². The molecule has 0 bridgehead atoms. The van der Waals surface area contributed by atoms with E-state index >= 15 is 0 Å². The van der Waals surface area contributed by atoms with Gasteiger partial charge in [0, 0.05) is 28.3 Å². The summed E-state index contributed by atoms with van der Waals surface area (Å²) >= 11 is 11.6. The van der Waals surface area contributed by atoms with Gasteiger partial charge in [-0.3, -0.25) is 4.21 Å². The highest BCUT2D eigenvalue weighted by atomic mass is 35.5. The summed E-state index contributed by atoms with van der Waals surface area (Å²) in [4.78, 5) is 0. The quantitative estimate of drug-likeness (QED) is 0.910. The predicted molar refractivity (Wildman–Crippen MR) is 66.8 cm³/mol. The molecule has 0 heterocycles. The van der Waals surface area contributed by atoms with Crippen LogP contribution in [0.15, 0.2) is 18.2 Å². The van der Waals surface area contributed by atoms with Crippen molar-refractivity contribution in [2.75, 3.05) is 6.54 Å². The van der Waals surface area contributed by atoms with Crippen molar-refractivity contribution < 1.29 is 4.21 Å². The molecule has 0 saturated carbocycles. The summed E-state index contributed by atoms with van der Waals surface area (Å²) in [6, 6.07) is 5.28. The molecule has 15 heavy (non-hydrogen) atoms. The van der Waals surface area contributed by atoms with E-state index in [4.69, 9.17) is 28.9 Å². The average molecular weight is 266 g/mol. The lowest BCUT2D eigenvalue weighted by Gasteiger charge is -2.08. The number of rotatable bonds is 4. The van der Waals surface area contributed by atoms with Crippen LogP contribution in [-0.4, -0.2) is 16.0 Å². The van der Waals surface area contributed by atoms with Gasteiger partial charge in [-0.15, -0.1) is 0 Å². The fourth-order valence-corrected chi connectivity index (χ4v) is 2.37. The Morgan fingerprint density at radius 1 is 1.40 bits per heavy atom. The Kier molecular flexibility index (Phi) is 5.06. The van der Waals surface area contributed by atoms with Crippen LogP contribution in [0, 0.1) is 0 Å². The lowest BCUT2D eigenvalue weighted by molar-refractivity contribution is 0.672. The average Bonchev–Trinajstić information content (AvgIpc) is 2.22. The van der Waals surface area contributed by atoms with E-state index in [1.807, 2.05) is 13.0 Å². The molecule has 0 saturated heterocycles. The van der Waals surface area contributed by atoms with E-state index in [0.717, 1.165) is 5.56 Å². The molecule has 0 aliphatic carbocycles. The maximum atomic E-state index is 11.7. The number of halogens is 2. The van der Waals surface area contributed by atoms with Crippen LogP contribution in [0.1, 0.15) is 12.5 Å². The summed E-state index contributed by atoms with van der Waals surface area (Å²) in [6.07, 6.45) is 0. The fourth-order valence-electron chi connectivity index (χ4n) is 1.04. The molecule has 0 amide bonds. The molecule has 84 valence electrons. The van der Waals surface area contributed by atoms with Crippen LogP contribution in [0.2, 0.25) is 10.0 Å². The van der Waals surface area contributed by atoms with Crippen molar-refractivity contribution in [2.45, 2.75) is 17.9 Å². The van der Waals surface area contributed by atoms with E-state index in [1.165, 1.54) is 0 Å². The maximum absolute atomic E-state index is 11.7. The van der Waals surface area contributed by atoms with Gasteiger partial charge >= 0.3 is 0 Å². The van der Waals surface area contributed by atoms with Gasteiger partial charge in [0.05, 0.1) is 10.0 Å². The summed E-state index contributed by atoms with van der Waals surface area (Å²) in [5, 5.41) is 1.00. The fraction of sp³-hybridized carbons (Fsp3) is 0.400. The molecule has 2 atom stereocenters. The van der Waals surface area contributed by atoms with E-state index in [9.17, 15) is 4.21 Å². The minimum atomic E-state index is -0.957. The van der Waals surface area contributed by atoms with Gasteiger partial charge in [0.2, 0.25) is 0 Å². The molecule has 0 aliphatic rings. The van der Waals surface area contributed by atoms with Crippen molar-refractivity contribution in [1.29, 1.82) is 0 Å². The summed E-state index contributed by atoms with van der Waals surface area (Å²) in [6.45, 7) is 2.29. The van der Waals surface area contributed by atoms with Gasteiger partial charge in [-0.2, -0.15) is 0 Å². The molecule has 0 aliphatic heterocycles. The Morgan fingerprint density at radius 3 is 2.60 bits per heavy atom. The lowest BCUT2D eigenvalue weighted by atomic mass is 10.2. The van der Waals surface area contributed by atoms with Crippen LogP contribution in [-0.2, 0) is 16.6 Å². The first-order valence-corrected chi connectivity index (χ1v) is 6.69. The monoisotopic (exact) mass is 265 g/mol. The molecule has 1 aromatic rings. The normalized spacial score (nSPS) is 14.9. The molecular weight excluding hydrogens is 253 g/mol. The van der Waals surface area contributed by atoms with Crippen molar-refractivity contribution >= 4 is 34.0 Å². The van der Waals surface area contributed by atoms with Crippen molar-refractivity contribution in [3.8, 4) is 0 Å². The molecule has 0 radical (unpaired) electrons. The molecule has 0 fully saturated rings. The van der Waals surface area contributed by atoms with Gasteiger partial charge in [-0.25, -0.2) is 0 Å². The molecular formula is C10H13Cl2NOS. The standard InChI is InChI=1S/C10H13Cl2NOS/c1-7(5-13)15(14)6-8-2-3-9(11)10(12)4-8/h2-4,7H,5-6,13H2,1H3. The summed E-state index contributed by atoms with van der Waals surface area (Å²) < 4.78 is 11.7. The molecule has 1 aromatic carbocycles. The minimum Gasteiger partial charge on any atom is -0.329 e. The Bertz CT molecular complexity index is 370. The Hall–Kier alpha value is -0.0900. The second-order valence-corrected chi connectivity index (χ2v) is 5.99. The van der Waals surface area contributed by atoms with Gasteiger partial charge in [-0.05, 0) is 24.6 Å². The molecule has 0 aromatic heterocycles. The largest absolute Gasteiger partial charge is 0.329 e. The zero-order valence-corrected chi connectivity index (χ0v) is 10.7. The first-order chi connectivity index (χ1) is 7.04. The van der Waals surface area contributed by atoms with Gasteiger partial charge in [-0.1, -0.05) is 29.3 Å². The zero-order valence-electron chi connectivity index (χ0n) is 8.37. The first kappa shape index (κ1) is 13.0. The third-order valence-electron chi connectivity index (χ3n) is 2.07. The van der Waals surface area contributed by atoms with Crippen molar-refractivity contribution in [3.05, 3.63) is 33.8 Å². The number of hydrogen-bond donors (Lipinski definition) is 1. The third kappa shape index (κ3) is 3.76. The highest BCUT2D eigenvalue weighted by molar-refractivity contribution is 7.84. The van der Waals surface area contributed by atoms with E-state index < -0.39 is 10.8 Å². The third-order valence-corrected chi connectivity index (χ3v) is 4.52. The van der Waals surface area contributed by atoms with Crippen LogP contribution in [0.5, 0.6) is 0 Å². The van der Waals surface area contributed by atoms with E-state index in [2.05, 4.69) is 0 Å². The van der Waals surface area contributed by atoms with Gasteiger partial charge in [0.25, 0.3) is 0 Å². The Balaban J connectivity index is 2.73. The van der Waals surface area contributed by atoms with E-state index in [1.54, 1.807) is 12.1 Å². The Labute approximate surface area is 102 Å². The van der Waals surface area contributed by atoms with Gasteiger partial charge in [0.15, 0.2) is 0 Å². The first-order valence-electron chi connectivity index (χ1n) is 4.55. The van der Waals surface area contributed by atoms with Crippen LogP contribution >= 0.6 is 23.2 Å². The van der Waals surface area contributed by atoms with Crippen molar-refractivity contribution in [1.82, 2.24) is 0 Å². The van der Waals surface area contributed by atoms with E-state index in [0.29, 0.717) is 22.3 Å². The van der Waals surface area contributed by atoms with Crippen LogP contribution < -0.4 is 5.73 Å². The highest BCUT2D eigenvalue weighted by Crippen LogP contribution is 2.23. The minimum absolute atomic E-state index is 0.000506. The van der Waals surface area contributed by atoms with Crippen LogP contribution in [0.4, 0.5) is 0 Å².